The van der Waals surface area contributed by atoms with Crippen LogP contribution in [0.1, 0.15) is 11.1 Å². The molecule has 0 radical (unpaired) electrons. The van der Waals surface area contributed by atoms with Crippen molar-refractivity contribution in [2.75, 3.05) is 5.32 Å². The highest BCUT2D eigenvalue weighted by Gasteiger charge is 2.11. The van der Waals surface area contributed by atoms with Crippen LogP contribution in [0.5, 0.6) is 5.75 Å². The number of hydrogen-bond donors (Lipinski definition) is 1. The number of para-hydroxylation sites is 1. The fourth-order valence-corrected chi connectivity index (χ4v) is 3.00. The van der Waals surface area contributed by atoms with Gasteiger partial charge in [0.25, 0.3) is 5.91 Å². The largest absolute Gasteiger partial charge is 0.489 e. The number of amides is 1. The second-order valence-electron chi connectivity index (χ2n) is 6.09. The average Bonchev–Trinajstić information content (AvgIpc) is 2.74. The predicted octanol–water partition coefficient (Wildman–Crippen LogP) is 5.55. The van der Waals surface area contributed by atoms with Gasteiger partial charge in [-0.3, -0.25) is 4.79 Å². The summed E-state index contributed by atoms with van der Waals surface area (Å²) in [6, 6.07) is 22.4. The molecule has 29 heavy (non-hydrogen) atoms. The number of ether oxygens (including phenoxy) is 1. The Balaban J connectivity index is 1.65. The zero-order valence-corrected chi connectivity index (χ0v) is 17.4. The van der Waals surface area contributed by atoms with Gasteiger partial charge in [-0.25, -0.2) is 4.39 Å². The molecule has 0 saturated carbocycles. The highest BCUT2D eigenvalue weighted by atomic mass is 127. The molecule has 144 valence electrons. The van der Waals surface area contributed by atoms with Crippen LogP contribution in [0.3, 0.4) is 0 Å². The fourth-order valence-electron chi connectivity index (χ4n) is 2.48. The molecule has 0 aliphatic rings. The zero-order valence-electron chi connectivity index (χ0n) is 15.2. The first kappa shape index (κ1) is 20.6. The topological polar surface area (TPSA) is 62.1 Å². The van der Waals surface area contributed by atoms with Crippen molar-refractivity contribution in [1.82, 2.24) is 0 Å². The Morgan fingerprint density at radius 3 is 2.41 bits per heavy atom. The molecule has 0 bridgehead atoms. The van der Waals surface area contributed by atoms with E-state index in [1.54, 1.807) is 42.5 Å². The van der Waals surface area contributed by atoms with E-state index in [0.717, 1.165) is 9.13 Å². The Hall–Kier alpha value is -3.18. The van der Waals surface area contributed by atoms with E-state index in [4.69, 9.17) is 4.74 Å². The normalized spacial score (nSPS) is 10.9. The van der Waals surface area contributed by atoms with Crippen molar-refractivity contribution >= 4 is 40.3 Å². The van der Waals surface area contributed by atoms with Crippen LogP contribution in [0, 0.1) is 20.7 Å². The van der Waals surface area contributed by atoms with Crippen molar-refractivity contribution < 1.29 is 13.9 Å². The van der Waals surface area contributed by atoms with E-state index in [1.165, 1.54) is 18.2 Å². The molecule has 0 aliphatic carbocycles. The maximum absolute atomic E-state index is 12.9. The second kappa shape index (κ2) is 9.85. The molecular weight excluding hydrogens is 482 g/mol. The molecule has 0 atom stereocenters. The number of carbonyl (C=O) groups is 1. The van der Waals surface area contributed by atoms with Crippen molar-refractivity contribution in [3.8, 4) is 11.8 Å². The number of benzene rings is 3. The fraction of sp³-hybridized carbons (Fsp3) is 0.0435. The maximum atomic E-state index is 12.9. The Bertz CT molecular complexity index is 1070. The molecule has 0 spiro atoms. The third-order valence-corrected chi connectivity index (χ3v) is 4.94. The number of anilines is 1. The van der Waals surface area contributed by atoms with Crippen LogP contribution in [0.15, 0.2) is 78.4 Å². The van der Waals surface area contributed by atoms with Crippen molar-refractivity contribution in [3.63, 3.8) is 0 Å². The summed E-state index contributed by atoms with van der Waals surface area (Å²) in [5.41, 5.74) is 2.22. The van der Waals surface area contributed by atoms with Gasteiger partial charge < -0.3 is 10.1 Å². The molecular formula is C23H16FIN2O2. The van der Waals surface area contributed by atoms with Crippen molar-refractivity contribution in [3.05, 3.63) is 98.9 Å². The number of rotatable bonds is 6. The van der Waals surface area contributed by atoms with Crippen molar-refractivity contribution in [2.24, 2.45) is 0 Å². The number of nitrogens with zero attached hydrogens (tertiary/aromatic N) is 1. The molecule has 3 aromatic carbocycles. The monoisotopic (exact) mass is 498 g/mol. The highest BCUT2D eigenvalue weighted by Crippen LogP contribution is 2.19. The first-order valence-corrected chi connectivity index (χ1v) is 9.78. The predicted molar refractivity (Wildman–Crippen MR) is 119 cm³/mol. The molecule has 0 heterocycles. The molecule has 6 heteroatoms. The Kier molecular flexibility index (Phi) is 6.98. The van der Waals surface area contributed by atoms with Gasteiger partial charge in [0.2, 0.25) is 0 Å². The van der Waals surface area contributed by atoms with Gasteiger partial charge >= 0.3 is 0 Å². The summed E-state index contributed by atoms with van der Waals surface area (Å²) in [6.07, 6.45) is 1.52. The van der Waals surface area contributed by atoms with Crippen molar-refractivity contribution in [2.45, 2.75) is 6.61 Å². The Morgan fingerprint density at radius 2 is 1.76 bits per heavy atom. The lowest BCUT2D eigenvalue weighted by Gasteiger charge is -2.07. The lowest BCUT2D eigenvalue weighted by atomic mass is 10.1. The molecule has 3 rings (SSSR count). The van der Waals surface area contributed by atoms with Gasteiger partial charge in [-0.1, -0.05) is 36.4 Å². The molecule has 0 saturated heterocycles. The number of carbonyl (C=O) groups excluding carboxylic acids is 1. The van der Waals surface area contributed by atoms with E-state index in [9.17, 15) is 14.4 Å². The Morgan fingerprint density at radius 1 is 1.07 bits per heavy atom. The summed E-state index contributed by atoms with van der Waals surface area (Å²) < 4.78 is 19.5. The molecule has 3 aromatic rings. The molecule has 0 aromatic heterocycles. The first-order chi connectivity index (χ1) is 14.0. The van der Waals surface area contributed by atoms with Gasteiger partial charge in [0.1, 0.15) is 29.8 Å². The van der Waals surface area contributed by atoms with E-state index >= 15 is 0 Å². The lowest BCUT2D eigenvalue weighted by Crippen LogP contribution is -2.14. The van der Waals surface area contributed by atoms with Crippen LogP contribution < -0.4 is 10.1 Å². The molecule has 4 nitrogen and oxygen atoms in total. The van der Waals surface area contributed by atoms with E-state index < -0.39 is 5.91 Å². The molecule has 1 amide bonds. The number of halogens is 2. The number of nitrogens with one attached hydrogen (secondary N) is 1. The van der Waals surface area contributed by atoms with Gasteiger partial charge in [0.15, 0.2) is 0 Å². The molecule has 0 unspecified atom stereocenters. The second-order valence-corrected chi connectivity index (χ2v) is 7.25. The minimum absolute atomic E-state index is 0.00429. The van der Waals surface area contributed by atoms with E-state index in [0.29, 0.717) is 23.6 Å². The van der Waals surface area contributed by atoms with Crippen LogP contribution in [-0.2, 0) is 11.4 Å². The van der Waals surface area contributed by atoms with E-state index in [-0.39, 0.29) is 11.4 Å². The number of nitriles is 1. The maximum Gasteiger partial charge on any atom is 0.266 e. The van der Waals surface area contributed by atoms with E-state index in [1.807, 2.05) is 24.3 Å². The standard InChI is InChI=1S/C23H16FIN2O2/c24-19-9-5-17(6-10-19)15-29-20-11-7-16(8-12-20)13-18(14-26)23(28)27-22-4-2-1-3-21(22)25/h1-13H,15H2,(H,27,28). The summed E-state index contributed by atoms with van der Waals surface area (Å²) >= 11 is 2.12. The summed E-state index contributed by atoms with van der Waals surface area (Å²) in [5.74, 6) is -0.120. The minimum Gasteiger partial charge on any atom is -0.489 e. The SMILES string of the molecule is N#CC(=Cc1ccc(OCc2ccc(F)cc2)cc1)C(=O)Nc1ccccc1I. The van der Waals surface area contributed by atoms with Crippen LogP contribution in [0.2, 0.25) is 0 Å². The summed E-state index contributed by atoms with van der Waals surface area (Å²) in [5, 5.41) is 12.1. The molecule has 0 fully saturated rings. The molecule has 1 N–H and O–H groups in total. The van der Waals surface area contributed by atoms with Crippen LogP contribution in [0.4, 0.5) is 10.1 Å². The van der Waals surface area contributed by atoms with Crippen LogP contribution in [-0.4, -0.2) is 5.91 Å². The van der Waals surface area contributed by atoms with E-state index in [2.05, 4.69) is 27.9 Å². The van der Waals surface area contributed by atoms with Gasteiger partial charge in [-0.2, -0.15) is 5.26 Å². The van der Waals surface area contributed by atoms with Crippen LogP contribution in [0.25, 0.3) is 6.08 Å². The molecule has 0 aliphatic heterocycles. The third-order valence-electron chi connectivity index (χ3n) is 4.00. The van der Waals surface area contributed by atoms with Gasteiger partial charge in [-0.15, -0.1) is 0 Å². The lowest BCUT2D eigenvalue weighted by molar-refractivity contribution is -0.112. The van der Waals surface area contributed by atoms with Gasteiger partial charge in [0.05, 0.1) is 5.69 Å². The summed E-state index contributed by atoms with van der Waals surface area (Å²) in [6.45, 7) is 0.316. The highest BCUT2D eigenvalue weighted by molar-refractivity contribution is 14.1. The third kappa shape index (κ3) is 5.90. The smallest absolute Gasteiger partial charge is 0.266 e. The van der Waals surface area contributed by atoms with Gasteiger partial charge in [0, 0.05) is 3.57 Å². The van der Waals surface area contributed by atoms with Crippen molar-refractivity contribution in [1.29, 1.82) is 5.26 Å². The zero-order chi connectivity index (χ0) is 20.6. The number of hydrogen-bond acceptors (Lipinski definition) is 3. The minimum atomic E-state index is -0.465. The average molecular weight is 498 g/mol. The Labute approximate surface area is 181 Å². The van der Waals surface area contributed by atoms with Crippen LogP contribution >= 0.6 is 22.6 Å². The summed E-state index contributed by atoms with van der Waals surface area (Å²) in [4.78, 5) is 12.4. The quantitative estimate of drug-likeness (QED) is 0.275. The summed E-state index contributed by atoms with van der Waals surface area (Å²) in [7, 11) is 0. The van der Waals surface area contributed by atoms with Gasteiger partial charge in [-0.05, 0) is 76.2 Å². The first-order valence-electron chi connectivity index (χ1n) is 8.70.